The summed E-state index contributed by atoms with van der Waals surface area (Å²) in [4.78, 5) is 12.0. The second kappa shape index (κ2) is 6.08. The third kappa shape index (κ3) is 3.48. The van der Waals surface area contributed by atoms with Gasteiger partial charge in [0.05, 0.1) is 0 Å². The number of aryl methyl sites for hydroxylation is 3. The first-order valence-electron chi connectivity index (χ1n) is 7.37. The lowest BCUT2D eigenvalue weighted by Gasteiger charge is -2.07. The summed E-state index contributed by atoms with van der Waals surface area (Å²) in [5.74, 6) is -0.251. The van der Waals surface area contributed by atoms with Crippen molar-refractivity contribution in [2.45, 2.75) is 32.1 Å². The van der Waals surface area contributed by atoms with Crippen LogP contribution in [0.4, 0.5) is 10.1 Å². The molecule has 1 amide bonds. The van der Waals surface area contributed by atoms with Gasteiger partial charge in [-0.2, -0.15) is 0 Å². The van der Waals surface area contributed by atoms with Crippen LogP contribution in [-0.2, 0) is 24.1 Å². The van der Waals surface area contributed by atoms with Crippen LogP contribution in [0.1, 0.15) is 29.5 Å². The summed E-state index contributed by atoms with van der Waals surface area (Å²) in [5.41, 5.74) is 4.60. The molecule has 0 aliphatic heterocycles. The molecule has 2 nitrogen and oxygen atoms in total. The topological polar surface area (TPSA) is 29.1 Å². The fraction of sp³-hybridized carbons (Fsp3) is 0.278. The highest BCUT2D eigenvalue weighted by Crippen LogP contribution is 2.24. The van der Waals surface area contributed by atoms with E-state index in [1.807, 2.05) is 6.07 Å². The Labute approximate surface area is 124 Å². The molecular weight excluding hydrogens is 265 g/mol. The molecule has 0 aromatic heterocycles. The van der Waals surface area contributed by atoms with Crippen LogP contribution in [0.5, 0.6) is 0 Å². The van der Waals surface area contributed by atoms with Crippen LogP contribution in [0.25, 0.3) is 0 Å². The zero-order valence-electron chi connectivity index (χ0n) is 11.9. The van der Waals surface area contributed by atoms with Gasteiger partial charge in [0.1, 0.15) is 5.82 Å². The van der Waals surface area contributed by atoms with Crippen LogP contribution >= 0.6 is 0 Å². The number of anilines is 1. The van der Waals surface area contributed by atoms with Crippen LogP contribution < -0.4 is 5.32 Å². The second-order valence-corrected chi connectivity index (χ2v) is 5.51. The Hall–Kier alpha value is -2.16. The normalized spacial score (nSPS) is 13.0. The highest BCUT2D eigenvalue weighted by atomic mass is 19.1. The predicted molar refractivity (Wildman–Crippen MR) is 81.8 cm³/mol. The Kier molecular flexibility index (Phi) is 4.00. The van der Waals surface area contributed by atoms with Crippen LogP contribution in [0.3, 0.4) is 0 Å². The zero-order valence-corrected chi connectivity index (χ0v) is 11.9. The van der Waals surface area contributed by atoms with Crippen molar-refractivity contribution in [1.29, 1.82) is 0 Å². The van der Waals surface area contributed by atoms with Gasteiger partial charge in [0, 0.05) is 12.1 Å². The minimum Gasteiger partial charge on any atom is -0.326 e. The van der Waals surface area contributed by atoms with E-state index in [2.05, 4.69) is 17.4 Å². The maximum Gasteiger partial charge on any atom is 0.224 e. The van der Waals surface area contributed by atoms with E-state index in [-0.39, 0.29) is 11.7 Å². The van der Waals surface area contributed by atoms with Gasteiger partial charge in [-0.25, -0.2) is 4.39 Å². The van der Waals surface area contributed by atoms with Gasteiger partial charge in [-0.3, -0.25) is 4.79 Å². The van der Waals surface area contributed by atoms with E-state index in [1.165, 1.54) is 29.7 Å². The summed E-state index contributed by atoms with van der Waals surface area (Å²) in [5, 5.41) is 2.94. The summed E-state index contributed by atoms with van der Waals surface area (Å²) < 4.78 is 12.8. The van der Waals surface area contributed by atoms with Crippen molar-refractivity contribution < 1.29 is 9.18 Å². The van der Waals surface area contributed by atoms with Crippen molar-refractivity contribution in [1.82, 2.24) is 0 Å². The average molecular weight is 283 g/mol. The SMILES string of the molecule is O=C(CCc1ccc(F)cc1)Nc1ccc2c(c1)CCC2. The molecule has 0 unspecified atom stereocenters. The Bertz CT molecular complexity index is 649. The fourth-order valence-corrected chi connectivity index (χ4v) is 2.78. The lowest BCUT2D eigenvalue weighted by molar-refractivity contribution is -0.116. The molecule has 2 aromatic rings. The van der Waals surface area contributed by atoms with Crippen LogP contribution in [0, 0.1) is 5.82 Å². The smallest absolute Gasteiger partial charge is 0.224 e. The second-order valence-electron chi connectivity index (χ2n) is 5.51. The van der Waals surface area contributed by atoms with E-state index in [0.717, 1.165) is 24.1 Å². The Morgan fingerprint density at radius 3 is 2.62 bits per heavy atom. The van der Waals surface area contributed by atoms with Crippen molar-refractivity contribution in [3.63, 3.8) is 0 Å². The average Bonchev–Trinajstić information content (AvgIpc) is 2.94. The molecule has 2 aromatic carbocycles. The summed E-state index contributed by atoms with van der Waals surface area (Å²) in [6, 6.07) is 12.5. The Morgan fingerprint density at radius 1 is 1.05 bits per heavy atom. The monoisotopic (exact) mass is 283 g/mol. The van der Waals surface area contributed by atoms with Crippen molar-refractivity contribution in [2.24, 2.45) is 0 Å². The lowest BCUT2D eigenvalue weighted by atomic mass is 10.1. The maximum absolute atomic E-state index is 12.8. The number of halogens is 1. The fourth-order valence-electron chi connectivity index (χ4n) is 2.78. The summed E-state index contributed by atoms with van der Waals surface area (Å²) >= 11 is 0. The van der Waals surface area contributed by atoms with Gasteiger partial charge in [0.25, 0.3) is 0 Å². The number of amides is 1. The molecule has 0 bridgehead atoms. The Morgan fingerprint density at radius 2 is 1.81 bits per heavy atom. The van der Waals surface area contributed by atoms with E-state index in [0.29, 0.717) is 12.8 Å². The van der Waals surface area contributed by atoms with Crippen LogP contribution in [0.15, 0.2) is 42.5 Å². The first kappa shape index (κ1) is 13.8. The van der Waals surface area contributed by atoms with Crippen molar-refractivity contribution in [3.8, 4) is 0 Å². The van der Waals surface area contributed by atoms with Crippen molar-refractivity contribution in [3.05, 3.63) is 65.0 Å². The molecule has 0 atom stereocenters. The largest absolute Gasteiger partial charge is 0.326 e. The van der Waals surface area contributed by atoms with Crippen LogP contribution in [0.2, 0.25) is 0 Å². The lowest BCUT2D eigenvalue weighted by Crippen LogP contribution is -2.12. The number of rotatable bonds is 4. The molecule has 1 aliphatic carbocycles. The van der Waals surface area contributed by atoms with Crippen molar-refractivity contribution >= 4 is 11.6 Å². The van der Waals surface area contributed by atoms with Crippen molar-refractivity contribution in [2.75, 3.05) is 5.32 Å². The minimum absolute atomic E-state index is 0.00253. The molecule has 0 heterocycles. The molecule has 1 N–H and O–H groups in total. The third-order valence-corrected chi connectivity index (χ3v) is 3.94. The number of nitrogens with one attached hydrogen (secondary N) is 1. The first-order chi connectivity index (χ1) is 10.2. The summed E-state index contributed by atoms with van der Waals surface area (Å²) in [6.07, 6.45) is 4.49. The number of hydrogen-bond acceptors (Lipinski definition) is 1. The predicted octanol–water partition coefficient (Wildman–Crippen LogP) is 3.89. The first-order valence-corrected chi connectivity index (χ1v) is 7.37. The number of carbonyl (C=O) groups is 1. The molecular formula is C18H18FNO. The molecule has 1 aliphatic rings. The zero-order chi connectivity index (χ0) is 14.7. The molecule has 108 valence electrons. The number of fused-ring (bicyclic) bond motifs is 1. The number of hydrogen-bond donors (Lipinski definition) is 1. The standard InChI is InChI=1S/C18H18FNO/c19-16-8-4-13(5-9-16)6-11-18(21)20-17-10-7-14-2-1-3-15(14)12-17/h4-5,7-10,12H,1-3,6,11H2,(H,20,21). The number of carbonyl (C=O) groups excluding carboxylic acids is 1. The van der Waals surface area contributed by atoms with Gasteiger partial charge in [0.15, 0.2) is 0 Å². The minimum atomic E-state index is -0.249. The molecule has 0 radical (unpaired) electrons. The molecule has 0 fully saturated rings. The highest BCUT2D eigenvalue weighted by Gasteiger charge is 2.11. The van der Waals surface area contributed by atoms with Gasteiger partial charge >= 0.3 is 0 Å². The Balaban J connectivity index is 1.55. The van der Waals surface area contributed by atoms with Gasteiger partial charge in [0.2, 0.25) is 5.91 Å². The highest BCUT2D eigenvalue weighted by molar-refractivity contribution is 5.91. The van der Waals surface area contributed by atoms with E-state index in [4.69, 9.17) is 0 Å². The molecule has 0 saturated heterocycles. The quantitative estimate of drug-likeness (QED) is 0.906. The van der Waals surface area contributed by atoms with E-state index < -0.39 is 0 Å². The van der Waals surface area contributed by atoms with E-state index >= 15 is 0 Å². The molecule has 3 rings (SSSR count). The van der Waals surface area contributed by atoms with Gasteiger partial charge < -0.3 is 5.32 Å². The molecule has 0 saturated carbocycles. The summed E-state index contributed by atoms with van der Waals surface area (Å²) in [7, 11) is 0. The molecule has 21 heavy (non-hydrogen) atoms. The summed E-state index contributed by atoms with van der Waals surface area (Å²) in [6.45, 7) is 0. The van der Waals surface area contributed by atoms with Crippen LogP contribution in [-0.4, -0.2) is 5.91 Å². The van der Waals surface area contributed by atoms with Gasteiger partial charge in [-0.05, 0) is 66.6 Å². The van der Waals surface area contributed by atoms with Gasteiger partial charge in [-0.1, -0.05) is 18.2 Å². The maximum atomic E-state index is 12.8. The number of benzene rings is 2. The molecule has 3 heteroatoms. The van der Waals surface area contributed by atoms with E-state index in [9.17, 15) is 9.18 Å². The third-order valence-electron chi connectivity index (χ3n) is 3.94. The van der Waals surface area contributed by atoms with Gasteiger partial charge in [-0.15, -0.1) is 0 Å². The molecule has 0 spiro atoms. The van der Waals surface area contributed by atoms with E-state index in [1.54, 1.807) is 12.1 Å².